The minimum atomic E-state index is -0.782. The fourth-order valence-electron chi connectivity index (χ4n) is 1.61. The molecule has 0 aliphatic rings. The van der Waals surface area contributed by atoms with Crippen LogP contribution in [0.15, 0.2) is 24.3 Å². The topological polar surface area (TPSA) is 64.6 Å². The third-order valence-corrected chi connectivity index (χ3v) is 2.74. The zero-order chi connectivity index (χ0) is 15.0. The predicted molar refractivity (Wildman–Crippen MR) is 75.7 cm³/mol. The number of amides is 1. The van der Waals surface area contributed by atoms with Crippen LogP contribution in [-0.4, -0.2) is 31.3 Å². The Morgan fingerprint density at radius 2 is 1.75 bits per heavy atom. The second-order valence-corrected chi connectivity index (χ2v) is 4.44. The third kappa shape index (κ3) is 5.48. The van der Waals surface area contributed by atoms with Crippen molar-refractivity contribution in [2.75, 3.05) is 13.2 Å². The van der Waals surface area contributed by atoms with E-state index in [2.05, 4.69) is 5.32 Å². The molecule has 0 aliphatic carbocycles. The van der Waals surface area contributed by atoms with Crippen LogP contribution in [0, 0.1) is 0 Å². The Kier molecular flexibility index (Phi) is 6.87. The first-order valence-corrected chi connectivity index (χ1v) is 6.79. The van der Waals surface area contributed by atoms with Crippen molar-refractivity contribution in [1.82, 2.24) is 5.32 Å². The second kappa shape index (κ2) is 8.43. The highest BCUT2D eigenvalue weighted by Gasteiger charge is 2.23. The van der Waals surface area contributed by atoms with E-state index in [0.29, 0.717) is 11.4 Å². The zero-order valence-corrected chi connectivity index (χ0v) is 12.3. The molecular formula is C14H18ClNO4. The Bertz CT molecular complexity index is 447. The van der Waals surface area contributed by atoms with Gasteiger partial charge in [0.1, 0.15) is 6.04 Å². The van der Waals surface area contributed by atoms with E-state index in [1.165, 1.54) is 0 Å². The van der Waals surface area contributed by atoms with E-state index in [1.54, 1.807) is 38.1 Å². The number of carbonyl (C=O) groups excluding carboxylic acids is 2. The van der Waals surface area contributed by atoms with Crippen molar-refractivity contribution >= 4 is 23.7 Å². The fourth-order valence-corrected chi connectivity index (χ4v) is 1.73. The van der Waals surface area contributed by atoms with Crippen LogP contribution in [0.4, 0.5) is 4.79 Å². The molecule has 20 heavy (non-hydrogen) atoms. The van der Waals surface area contributed by atoms with Gasteiger partial charge >= 0.3 is 12.1 Å². The molecule has 0 heterocycles. The van der Waals surface area contributed by atoms with Gasteiger partial charge in [0.05, 0.1) is 13.2 Å². The average Bonchev–Trinajstić information content (AvgIpc) is 2.41. The maximum atomic E-state index is 11.8. The second-order valence-electron chi connectivity index (χ2n) is 4.00. The molecule has 0 saturated heterocycles. The zero-order valence-electron chi connectivity index (χ0n) is 11.5. The van der Waals surface area contributed by atoms with Crippen LogP contribution >= 0.6 is 11.6 Å². The van der Waals surface area contributed by atoms with E-state index in [0.717, 1.165) is 5.56 Å². The lowest BCUT2D eigenvalue weighted by molar-refractivity contribution is -0.145. The number of esters is 1. The summed E-state index contributed by atoms with van der Waals surface area (Å²) in [5, 5.41) is 3.11. The standard InChI is InChI=1S/C14H18ClNO4/c1-3-19-13(17)12(16-14(18)20-4-2)9-10-5-7-11(15)8-6-10/h5-8,12H,3-4,9H2,1-2H3,(H,16,18). The molecule has 0 aliphatic heterocycles. The summed E-state index contributed by atoms with van der Waals surface area (Å²) in [6.07, 6.45) is -0.325. The van der Waals surface area contributed by atoms with Crippen LogP contribution in [0.5, 0.6) is 0 Å². The first-order chi connectivity index (χ1) is 9.56. The number of ether oxygens (including phenoxy) is 2. The summed E-state index contributed by atoms with van der Waals surface area (Å²) in [4.78, 5) is 23.3. The van der Waals surface area contributed by atoms with Gasteiger partial charge in [-0.2, -0.15) is 0 Å². The molecule has 0 radical (unpaired) electrons. The van der Waals surface area contributed by atoms with Gasteiger partial charge in [0.15, 0.2) is 0 Å². The van der Waals surface area contributed by atoms with Crippen LogP contribution in [0.25, 0.3) is 0 Å². The molecule has 1 unspecified atom stereocenters. The molecule has 0 spiro atoms. The predicted octanol–water partition coefficient (Wildman–Crippen LogP) is 2.56. The lowest BCUT2D eigenvalue weighted by Gasteiger charge is -2.17. The van der Waals surface area contributed by atoms with Crippen molar-refractivity contribution < 1.29 is 19.1 Å². The van der Waals surface area contributed by atoms with Gasteiger partial charge in [-0.05, 0) is 31.5 Å². The van der Waals surface area contributed by atoms with Gasteiger partial charge in [-0.3, -0.25) is 0 Å². The van der Waals surface area contributed by atoms with E-state index in [4.69, 9.17) is 21.1 Å². The first kappa shape index (κ1) is 16.3. The molecule has 0 saturated carbocycles. The Morgan fingerprint density at radius 1 is 1.15 bits per heavy atom. The Morgan fingerprint density at radius 3 is 2.30 bits per heavy atom. The van der Waals surface area contributed by atoms with Crippen LogP contribution < -0.4 is 5.32 Å². The SMILES string of the molecule is CCOC(=O)NC(Cc1ccc(Cl)cc1)C(=O)OCC. The minimum absolute atomic E-state index is 0.238. The molecule has 6 heteroatoms. The summed E-state index contributed by atoms with van der Waals surface area (Å²) < 4.78 is 9.72. The normalized spacial score (nSPS) is 11.6. The minimum Gasteiger partial charge on any atom is -0.464 e. The highest BCUT2D eigenvalue weighted by Crippen LogP contribution is 2.11. The summed E-state index contributed by atoms with van der Waals surface area (Å²) >= 11 is 5.80. The van der Waals surface area contributed by atoms with E-state index < -0.39 is 18.1 Å². The van der Waals surface area contributed by atoms with Gasteiger partial charge < -0.3 is 14.8 Å². The van der Waals surface area contributed by atoms with Crippen LogP contribution in [0.2, 0.25) is 5.02 Å². The quantitative estimate of drug-likeness (QED) is 0.820. The van der Waals surface area contributed by atoms with Crippen LogP contribution in [0.3, 0.4) is 0 Å². The number of hydrogen-bond acceptors (Lipinski definition) is 4. The Labute approximate surface area is 123 Å². The molecule has 0 aromatic heterocycles. The number of alkyl carbamates (subject to hydrolysis) is 1. The highest BCUT2D eigenvalue weighted by atomic mass is 35.5. The molecule has 1 aromatic carbocycles. The molecular weight excluding hydrogens is 282 g/mol. The van der Waals surface area contributed by atoms with Crippen molar-refractivity contribution in [3.63, 3.8) is 0 Å². The van der Waals surface area contributed by atoms with Crippen LogP contribution in [-0.2, 0) is 20.7 Å². The number of halogens is 1. The maximum absolute atomic E-state index is 11.8. The molecule has 110 valence electrons. The van der Waals surface area contributed by atoms with Gasteiger partial charge in [-0.15, -0.1) is 0 Å². The Hall–Kier alpha value is -1.75. The van der Waals surface area contributed by atoms with Gasteiger partial charge in [-0.1, -0.05) is 23.7 Å². The number of nitrogens with one attached hydrogen (secondary N) is 1. The van der Waals surface area contributed by atoms with Crippen LogP contribution in [0.1, 0.15) is 19.4 Å². The summed E-state index contributed by atoms with van der Waals surface area (Å²) in [6.45, 7) is 3.89. The molecule has 1 aromatic rings. The summed E-state index contributed by atoms with van der Waals surface area (Å²) in [7, 11) is 0. The van der Waals surface area contributed by atoms with Crippen molar-refractivity contribution in [3.05, 3.63) is 34.9 Å². The summed E-state index contributed by atoms with van der Waals surface area (Å²) in [5.41, 5.74) is 0.865. The van der Waals surface area contributed by atoms with Crippen molar-refractivity contribution in [2.45, 2.75) is 26.3 Å². The van der Waals surface area contributed by atoms with Gasteiger partial charge in [0.25, 0.3) is 0 Å². The van der Waals surface area contributed by atoms with Crippen molar-refractivity contribution in [1.29, 1.82) is 0 Å². The maximum Gasteiger partial charge on any atom is 0.407 e. The lowest BCUT2D eigenvalue weighted by atomic mass is 10.1. The van der Waals surface area contributed by atoms with E-state index >= 15 is 0 Å². The first-order valence-electron chi connectivity index (χ1n) is 6.41. The molecule has 0 bridgehead atoms. The van der Waals surface area contributed by atoms with Crippen molar-refractivity contribution in [3.8, 4) is 0 Å². The van der Waals surface area contributed by atoms with E-state index in [-0.39, 0.29) is 13.2 Å². The molecule has 5 nitrogen and oxygen atoms in total. The number of rotatable bonds is 6. The highest BCUT2D eigenvalue weighted by molar-refractivity contribution is 6.30. The molecule has 1 amide bonds. The molecule has 0 fully saturated rings. The monoisotopic (exact) mass is 299 g/mol. The largest absolute Gasteiger partial charge is 0.464 e. The van der Waals surface area contributed by atoms with E-state index in [9.17, 15) is 9.59 Å². The van der Waals surface area contributed by atoms with E-state index in [1.807, 2.05) is 0 Å². The summed E-state index contributed by atoms with van der Waals surface area (Å²) in [5.74, 6) is -0.490. The smallest absolute Gasteiger partial charge is 0.407 e. The fraction of sp³-hybridized carbons (Fsp3) is 0.429. The van der Waals surface area contributed by atoms with Gasteiger partial charge in [0, 0.05) is 11.4 Å². The Balaban J connectivity index is 2.73. The number of carbonyl (C=O) groups is 2. The molecule has 1 rings (SSSR count). The van der Waals surface area contributed by atoms with Crippen molar-refractivity contribution in [2.24, 2.45) is 0 Å². The lowest BCUT2D eigenvalue weighted by Crippen LogP contribution is -2.43. The number of benzene rings is 1. The molecule has 1 N–H and O–H groups in total. The number of hydrogen-bond donors (Lipinski definition) is 1. The average molecular weight is 300 g/mol. The molecule has 1 atom stereocenters. The van der Waals surface area contributed by atoms with Gasteiger partial charge in [0.2, 0.25) is 0 Å². The summed E-state index contributed by atoms with van der Waals surface area (Å²) in [6, 6.07) is 6.26. The third-order valence-electron chi connectivity index (χ3n) is 2.49. The van der Waals surface area contributed by atoms with Gasteiger partial charge in [-0.25, -0.2) is 9.59 Å².